The van der Waals surface area contributed by atoms with E-state index in [0.29, 0.717) is 50.6 Å². The van der Waals surface area contributed by atoms with Gasteiger partial charge >= 0.3 is 0 Å². The van der Waals surface area contributed by atoms with Gasteiger partial charge in [-0.15, -0.1) is 0 Å². The monoisotopic (exact) mass is 479 g/mol. The maximum atomic E-state index is 13.0. The Bertz CT molecular complexity index is 1080. The lowest BCUT2D eigenvalue weighted by Gasteiger charge is -2.34. The van der Waals surface area contributed by atoms with E-state index in [1.165, 1.54) is 18.2 Å². The molecule has 8 nitrogen and oxygen atoms in total. The Labute approximate surface area is 193 Å². The second-order valence-electron chi connectivity index (χ2n) is 7.23. The van der Waals surface area contributed by atoms with E-state index < -0.39 is 10.0 Å². The van der Waals surface area contributed by atoms with Crippen LogP contribution in [0.3, 0.4) is 0 Å². The van der Waals surface area contributed by atoms with Gasteiger partial charge in [0.05, 0.1) is 22.1 Å². The number of anilines is 1. The van der Waals surface area contributed by atoms with Crippen LogP contribution in [-0.2, 0) is 14.8 Å². The molecule has 32 heavy (non-hydrogen) atoms. The van der Waals surface area contributed by atoms with Crippen molar-refractivity contribution < 1.29 is 22.7 Å². The van der Waals surface area contributed by atoms with Crippen molar-refractivity contribution in [3.05, 3.63) is 53.1 Å². The number of hydrogen-bond acceptors (Lipinski definition) is 5. The highest BCUT2D eigenvalue weighted by Crippen LogP contribution is 2.25. The Morgan fingerprint density at radius 1 is 1.00 bits per heavy atom. The third kappa shape index (κ3) is 5.52. The molecule has 0 aromatic heterocycles. The van der Waals surface area contributed by atoms with Crippen molar-refractivity contribution in [2.45, 2.75) is 25.2 Å². The molecule has 3 rings (SSSR count). The molecule has 1 aliphatic heterocycles. The first-order valence-corrected chi connectivity index (χ1v) is 12.2. The molecule has 1 heterocycles. The molecule has 0 radical (unpaired) electrons. The van der Waals surface area contributed by atoms with Gasteiger partial charge in [-0.05, 0) is 49.4 Å². The maximum absolute atomic E-state index is 13.0. The Balaban J connectivity index is 1.75. The summed E-state index contributed by atoms with van der Waals surface area (Å²) in [6.45, 7) is 5.77. The zero-order valence-corrected chi connectivity index (χ0v) is 19.6. The zero-order valence-electron chi connectivity index (χ0n) is 18.0. The molecule has 0 unspecified atom stereocenters. The molecule has 1 fully saturated rings. The molecule has 2 aromatic rings. The van der Waals surface area contributed by atoms with Crippen molar-refractivity contribution >= 4 is 39.1 Å². The molecule has 2 amide bonds. The van der Waals surface area contributed by atoms with Gasteiger partial charge in [-0.25, -0.2) is 8.42 Å². The quantitative estimate of drug-likeness (QED) is 0.657. The van der Waals surface area contributed by atoms with Gasteiger partial charge in [-0.1, -0.05) is 18.5 Å². The molecule has 1 N–H and O–H groups in total. The summed E-state index contributed by atoms with van der Waals surface area (Å²) in [5.74, 6) is 0.316. The molecule has 1 saturated heterocycles. The predicted molar refractivity (Wildman–Crippen MR) is 123 cm³/mol. The number of nitrogens with one attached hydrogen (secondary N) is 1. The van der Waals surface area contributed by atoms with E-state index in [0.717, 1.165) is 0 Å². The van der Waals surface area contributed by atoms with Crippen molar-refractivity contribution in [1.82, 2.24) is 9.80 Å². The van der Waals surface area contributed by atoms with Crippen molar-refractivity contribution in [3.8, 4) is 5.75 Å². The van der Waals surface area contributed by atoms with Gasteiger partial charge in [-0.3, -0.25) is 14.3 Å². The predicted octanol–water partition coefficient (Wildman–Crippen LogP) is 3.23. The lowest BCUT2D eigenvalue weighted by Crippen LogP contribution is -2.50. The normalized spacial score (nSPS) is 14.2. The van der Waals surface area contributed by atoms with Crippen LogP contribution in [0.5, 0.6) is 5.75 Å². The Morgan fingerprint density at radius 3 is 2.22 bits per heavy atom. The summed E-state index contributed by atoms with van der Waals surface area (Å²) in [6.07, 6.45) is 0.418. The molecule has 0 saturated carbocycles. The molecule has 2 aromatic carbocycles. The van der Waals surface area contributed by atoms with E-state index >= 15 is 0 Å². The first kappa shape index (κ1) is 23.9. The summed E-state index contributed by atoms with van der Waals surface area (Å²) in [5.41, 5.74) is 0.476. The van der Waals surface area contributed by atoms with E-state index in [1.54, 1.807) is 41.0 Å². The van der Waals surface area contributed by atoms with Gasteiger partial charge in [0, 0.05) is 38.3 Å². The minimum atomic E-state index is -3.94. The Kier molecular flexibility index (Phi) is 7.63. The van der Waals surface area contributed by atoms with Gasteiger partial charge in [-0.2, -0.15) is 0 Å². The van der Waals surface area contributed by atoms with Gasteiger partial charge in [0.1, 0.15) is 5.75 Å². The van der Waals surface area contributed by atoms with Gasteiger partial charge in [0.2, 0.25) is 5.91 Å². The van der Waals surface area contributed by atoms with Crippen LogP contribution in [0.15, 0.2) is 47.4 Å². The molecule has 172 valence electrons. The SMILES string of the molecule is CCOc1ccc(NS(=O)(=O)c2ccc(Cl)c(C(=O)N3CCN(C(=O)CC)CC3)c2)cc1. The maximum Gasteiger partial charge on any atom is 0.261 e. The number of carbonyl (C=O) groups excluding carboxylic acids is 2. The van der Waals surface area contributed by atoms with Gasteiger partial charge < -0.3 is 14.5 Å². The number of ether oxygens (including phenoxy) is 1. The summed E-state index contributed by atoms with van der Waals surface area (Å²) in [7, 11) is -3.94. The number of nitrogens with zero attached hydrogens (tertiary/aromatic N) is 2. The highest BCUT2D eigenvalue weighted by Gasteiger charge is 2.26. The first-order valence-electron chi connectivity index (χ1n) is 10.4. The average molecular weight is 480 g/mol. The van der Waals surface area contributed by atoms with E-state index in [4.69, 9.17) is 16.3 Å². The Hall–Kier alpha value is -2.78. The molecule has 10 heteroatoms. The van der Waals surface area contributed by atoms with Crippen molar-refractivity contribution in [2.24, 2.45) is 0 Å². The topological polar surface area (TPSA) is 96.0 Å². The van der Waals surface area contributed by atoms with Crippen molar-refractivity contribution in [3.63, 3.8) is 0 Å². The van der Waals surface area contributed by atoms with E-state index in [-0.39, 0.29) is 27.3 Å². The number of sulfonamides is 1. The second-order valence-corrected chi connectivity index (χ2v) is 9.32. The minimum absolute atomic E-state index is 0.0450. The van der Waals surface area contributed by atoms with Crippen LogP contribution in [0.4, 0.5) is 5.69 Å². The fourth-order valence-corrected chi connectivity index (χ4v) is 4.67. The molecular formula is C22H26ClN3O5S. The number of piperazine rings is 1. The molecule has 1 aliphatic rings. The summed E-state index contributed by atoms with van der Waals surface area (Å²) in [4.78, 5) is 28.1. The lowest BCUT2D eigenvalue weighted by molar-refractivity contribution is -0.132. The van der Waals surface area contributed by atoms with E-state index in [9.17, 15) is 18.0 Å². The van der Waals surface area contributed by atoms with Crippen LogP contribution in [0, 0.1) is 0 Å². The number of benzene rings is 2. The van der Waals surface area contributed by atoms with Crippen LogP contribution in [-0.4, -0.2) is 62.8 Å². The molecule has 0 bridgehead atoms. The third-order valence-electron chi connectivity index (χ3n) is 5.12. The van der Waals surface area contributed by atoms with Crippen LogP contribution in [0.25, 0.3) is 0 Å². The lowest BCUT2D eigenvalue weighted by atomic mass is 10.1. The summed E-state index contributed by atoms with van der Waals surface area (Å²) < 4.78 is 33.6. The summed E-state index contributed by atoms with van der Waals surface area (Å²) in [5, 5.41) is 0.169. The number of hydrogen-bond donors (Lipinski definition) is 1. The highest BCUT2D eigenvalue weighted by molar-refractivity contribution is 7.92. The third-order valence-corrected chi connectivity index (χ3v) is 6.83. The zero-order chi connectivity index (χ0) is 23.3. The van der Waals surface area contributed by atoms with E-state index in [2.05, 4.69) is 4.72 Å². The minimum Gasteiger partial charge on any atom is -0.494 e. The number of halogens is 1. The molecular weight excluding hydrogens is 454 g/mol. The van der Waals surface area contributed by atoms with Crippen LogP contribution >= 0.6 is 11.6 Å². The van der Waals surface area contributed by atoms with E-state index in [1.807, 2.05) is 6.92 Å². The fraction of sp³-hybridized carbons (Fsp3) is 0.364. The van der Waals surface area contributed by atoms with Crippen molar-refractivity contribution in [1.29, 1.82) is 0 Å². The summed E-state index contributed by atoms with van der Waals surface area (Å²) in [6, 6.07) is 10.6. The first-order chi connectivity index (χ1) is 15.2. The number of rotatable bonds is 7. The summed E-state index contributed by atoms with van der Waals surface area (Å²) >= 11 is 6.23. The number of carbonyl (C=O) groups is 2. The number of amides is 2. The Morgan fingerprint density at radius 2 is 1.62 bits per heavy atom. The van der Waals surface area contributed by atoms with Crippen LogP contribution in [0.1, 0.15) is 30.6 Å². The van der Waals surface area contributed by atoms with Crippen LogP contribution in [0.2, 0.25) is 5.02 Å². The van der Waals surface area contributed by atoms with Crippen molar-refractivity contribution in [2.75, 3.05) is 37.5 Å². The standard InChI is InChI=1S/C22H26ClN3O5S/c1-3-21(27)25-11-13-26(14-12-25)22(28)19-15-18(9-10-20(19)23)32(29,30)24-16-5-7-17(8-6-16)31-4-2/h5-10,15,24H,3-4,11-14H2,1-2H3. The van der Waals surface area contributed by atoms with Crippen LogP contribution < -0.4 is 9.46 Å². The molecule has 0 atom stereocenters. The smallest absolute Gasteiger partial charge is 0.261 e. The largest absolute Gasteiger partial charge is 0.494 e. The van der Waals surface area contributed by atoms with Gasteiger partial charge in [0.25, 0.3) is 15.9 Å². The average Bonchev–Trinajstić information content (AvgIpc) is 2.79. The molecule has 0 spiro atoms. The highest BCUT2D eigenvalue weighted by atomic mass is 35.5. The fourth-order valence-electron chi connectivity index (χ4n) is 3.39. The molecule has 0 aliphatic carbocycles. The second kappa shape index (κ2) is 10.2. The van der Waals surface area contributed by atoms with Gasteiger partial charge in [0.15, 0.2) is 0 Å².